The van der Waals surface area contributed by atoms with Gasteiger partial charge in [0.2, 0.25) is 0 Å². The molecule has 20 heavy (non-hydrogen) atoms. The number of hydrogen-bond acceptors (Lipinski definition) is 2. The summed E-state index contributed by atoms with van der Waals surface area (Å²) in [6.07, 6.45) is -3.78. The van der Waals surface area contributed by atoms with Crippen LogP contribution >= 0.6 is 11.3 Å². The molecule has 0 saturated carbocycles. The van der Waals surface area contributed by atoms with Crippen molar-refractivity contribution < 1.29 is 17.6 Å². The molecule has 108 valence electrons. The van der Waals surface area contributed by atoms with E-state index in [-0.39, 0.29) is 12.1 Å². The van der Waals surface area contributed by atoms with Crippen molar-refractivity contribution in [3.8, 4) is 0 Å². The lowest BCUT2D eigenvalue weighted by atomic mass is 10.1. The van der Waals surface area contributed by atoms with Crippen molar-refractivity contribution in [3.63, 3.8) is 0 Å². The largest absolute Gasteiger partial charge is 0.416 e. The molecule has 0 radical (unpaired) electrons. The lowest BCUT2D eigenvalue weighted by molar-refractivity contribution is -0.138. The number of benzene rings is 1. The number of rotatable bonds is 5. The van der Waals surface area contributed by atoms with Gasteiger partial charge >= 0.3 is 6.18 Å². The van der Waals surface area contributed by atoms with Gasteiger partial charge in [-0.15, -0.1) is 0 Å². The Balaban J connectivity index is 1.95. The first-order valence-corrected chi connectivity index (χ1v) is 6.98. The summed E-state index contributed by atoms with van der Waals surface area (Å²) in [5.41, 5.74) is 0.294. The number of thiophene rings is 1. The molecule has 1 N–H and O–H groups in total. The molecule has 0 amide bonds. The highest BCUT2D eigenvalue weighted by Gasteiger charge is 2.33. The Morgan fingerprint density at radius 2 is 1.95 bits per heavy atom. The summed E-state index contributed by atoms with van der Waals surface area (Å²) in [4.78, 5) is 0. The Labute approximate surface area is 118 Å². The predicted molar refractivity (Wildman–Crippen MR) is 71.1 cm³/mol. The number of hydrogen-bond donors (Lipinski definition) is 1. The molecule has 0 spiro atoms. The molecule has 0 unspecified atom stereocenters. The summed E-state index contributed by atoms with van der Waals surface area (Å²) < 4.78 is 51.2. The molecule has 0 aliphatic rings. The fourth-order valence-electron chi connectivity index (χ4n) is 1.86. The molecule has 0 atom stereocenters. The van der Waals surface area contributed by atoms with Crippen LogP contribution in [-0.2, 0) is 19.1 Å². The van der Waals surface area contributed by atoms with Crippen LogP contribution in [0.15, 0.2) is 35.0 Å². The standard InChI is InChI=1S/C14H13F4NS/c15-12-2-1-11(13(7-12)14(16,17)18)8-19-5-3-10-4-6-20-9-10/h1-2,4,6-7,9,19H,3,5,8H2. The van der Waals surface area contributed by atoms with E-state index in [0.717, 1.165) is 18.1 Å². The minimum atomic E-state index is -4.54. The molecular weight excluding hydrogens is 290 g/mol. The lowest BCUT2D eigenvalue weighted by Crippen LogP contribution is -2.20. The monoisotopic (exact) mass is 303 g/mol. The minimum Gasteiger partial charge on any atom is -0.312 e. The van der Waals surface area contributed by atoms with Crippen LogP contribution in [0, 0.1) is 5.82 Å². The summed E-state index contributed by atoms with van der Waals surface area (Å²) >= 11 is 1.58. The molecule has 0 bridgehead atoms. The Morgan fingerprint density at radius 3 is 2.60 bits per heavy atom. The summed E-state index contributed by atoms with van der Waals surface area (Å²) in [6.45, 7) is 0.644. The zero-order valence-electron chi connectivity index (χ0n) is 10.5. The van der Waals surface area contributed by atoms with Gasteiger partial charge < -0.3 is 5.32 Å². The van der Waals surface area contributed by atoms with Crippen molar-refractivity contribution in [3.05, 3.63) is 57.5 Å². The van der Waals surface area contributed by atoms with Crippen molar-refractivity contribution in [2.75, 3.05) is 6.54 Å². The highest BCUT2D eigenvalue weighted by atomic mass is 32.1. The Bertz CT molecular complexity index is 549. The van der Waals surface area contributed by atoms with E-state index < -0.39 is 17.6 Å². The van der Waals surface area contributed by atoms with E-state index in [1.54, 1.807) is 11.3 Å². The fraction of sp³-hybridized carbons (Fsp3) is 0.286. The summed E-state index contributed by atoms with van der Waals surface area (Å²) in [7, 11) is 0. The molecule has 1 aromatic carbocycles. The second-order valence-corrected chi connectivity index (χ2v) is 5.14. The average Bonchev–Trinajstić information content (AvgIpc) is 2.88. The van der Waals surface area contributed by atoms with Gasteiger partial charge in [0.15, 0.2) is 0 Å². The topological polar surface area (TPSA) is 12.0 Å². The van der Waals surface area contributed by atoms with E-state index in [2.05, 4.69) is 5.32 Å². The Kier molecular flexibility index (Phi) is 4.77. The maximum atomic E-state index is 12.9. The van der Waals surface area contributed by atoms with Crippen molar-refractivity contribution in [1.82, 2.24) is 5.32 Å². The lowest BCUT2D eigenvalue weighted by Gasteiger charge is -2.13. The first-order valence-electron chi connectivity index (χ1n) is 6.04. The van der Waals surface area contributed by atoms with E-state index >= 15 is 0 Å². The average molecular weight is 303 g/mol. The van der Waals surface area contributed by atoms with Gasteiger partial charge in [0.05, 0.1) is 5.56 Å². The van der Waals surface area contributed by atoms with Crippen molar-refractivity contribution in [2.45, 2.75) is 19.1 Å². The first kappa shape index (κ1) is 15.0. The molecule has 2 rings (SSSR count). The van der Waals surface area contributed by atoms with Crippen LogP contribution < -0.4 is 5.32 Å². The van der Waals surface area contributed by atoms with Crippen molar-refractivity contribution in [2.24, 2.45) is 0 Å². The highest BCUT2D eigenvalue weighted by Crippen LogP contribution is 2.32. The van der Waals surface area contributed by atoms with Crippen LogP contribution in [0.1, 0.15) is 16.7 Å². The van der Waals surface area contributed by atoms with Crippen LogP contribution in [0.3, 0.4) is 0 Å². The van der Waals surface area contributed by atoms with E-state index in [9.17, 15) is 17.6 Å². The van der Waals surface area contributed by atoms with Gasteiger partial charge in [0.25, 0.3) is 0 Å². The van der Waals surface area contributed by atoms with Gasteiger partial charge in [-0.25, -0.2) is 4.39 Å². The first-order chi connectivity index (χ1) is 9.47. The quantitative estimate of drug-likeness (QED) is 0.643. The van der Waals surface area contributed by atoms with Crippen LogP contribution in [0.2, 0.25) is 0 Å². The summed E-state index contributed by atoms with van der Waals surface area (Å²) in [6, 6.07) is 4.74. The molecule has 1 nitrogen and oxygen atoms in total. The van der Waals surface area contributed by atoms with Crippen LogP contribution in [0.5, 0.6) is 0 Å². The molecule has 1 heterocycles. The van der Waals surface area contributed by atoms with Crippen LogP contribution in [0.25, 0.3) is 0 Å². The van der Waals surface area contributed by atoms with E-state index in [1.807, 2.05) is 16.8 Å². The fourth-order valence-corrected chi connectivity index (χ4v) is 2.56. The summed E-state index contributed by atoms with van der Waals surface area (Å²) in [5.74, 6) is -0.876. The number of halogens is 4. The van der Waals surface area contributed by atoms with Gasteiger partial charge in [0.1, 0.15) is 5.82 Å². The number of alkyl halides is 3. The van der Waals surface area contributed by atoms with Gasteiger partial charge in [-0.05, 0) is 53.1 Å². The third kappa shape index (κ3) is 4.05. The third-order valence-electron chi connectivity index (χ3n) is 2.86. The maximum absolute atomic E-state index is 12.9. The van der Waals surface area contributed by atoms with Gasteiger partial charge in [0, 0.05) is 6.54 Å². The number of nitrogens with one attached hydrogen (secondary N) is 1. The SMILES string of the molecule is Fc1ccc(CNCCc2ccsc2)c(C(F)(F)F)c1. The normalized spacial score (nSPS) is 11.8. The van der Waals surface area contributed by atoms with Crippen LogP contribution in [0.4, 0.5) is 17.6 Å². The molecule has 6 heteroatoms. The van der Waals surface area contributed by atoms with E-state index in [0.29, 0.717) is 12.6 Å². The molecule has 2 aromatic rings. The zero-order valence-corrected chi connectivity index (χ0v) is 11.3. The van der Waals surface area contributed by atoms with E-state index in [1.165, 1.54) is 6.07 Å². The minimum absolute atomic E-state index is 0.0595. The second-order valence-electron chi connectivity index (χ2n) is 4.36. The van der Waals surface area contributed by atoms with Gasteiger partial charge in [-0.2, -0.15) is 24.5 Å². The second kappa shape index (κ2) is 6.37. The molecular formula is C14H13F4NS. The van der Waals surface area contributed by atoms with E-state index in [4.69, 9.17) is 0 Å². The third-order valence-corrected chi connectivity index (χ3v) is 3.60. The van der Waals surface area contributed by atoms with Crippen molar-refractivity contribution >= 4 is 11.3 Å². The molecule has 0 aliphatic carbocycles. The van der Waals surface area contributed by atoms with Gasteiger partial charge in [-0.1, -0.05) is 6.07 Å². The van der Waals surface area contributed by atoms with Crippen molar-refractivity contribution in [1.29, 1.82) is 0 Å². The zero-order chi connectivity index (χ0) is 14.6. The van der Waals surface area contributed by atoms with Crippen LogP contribution in [-0.4, -0.2) is 6.54 Å². The molecule has 0 fully saturated rings. The Morgan fingerprint density at radius 1 is 1.15 bits per heavy atom. The molecule has 1 aromatic heterocycles. The Hall–Kier alpha value is -1.40. The smallest absolute Gasteiger partial charge is 0.312 e. The summed E-state index contributed by atoms with van der Waals surface area (Å²) in [5, 5.41) is 6.91. The maximum Gasteiger partial charge on any atom is 0.416 e. The molecule has 0 saturated heterocycles. The van der Waals surface area contributed by atoms with Gasteiger partial charge in [-0.3, -0.25) is 0 Å². The molecule has 0 aliphatic heterocycles. The highest BCUT2D eigenvalue weighted by molar-refractivity contribution is 7.07. The predicted octanol–water partition coefficient (Wildman–Crippen LogP) is 4.24.